The van der Waals surface area contributed by atoms with Crippen LogP contribution in [-0.4, -0.2) is 45.1 Å². The number of nitrogens with zero attached hydrogens (tertiary/aromatic N) is 1. The van der Waals surface area contributed by atoms with Gasteiger partial charge < -0.3 is 20.2 Å². The topological polar surface area (TPSA) is 98.1 Å². The SMILES string of the molecule is CC(=O)C1=C(O)C(=O)N(CCO)C1c1ccccc1O. The van der Waals surface area contributed by atoms with Crippen molar-refractivity contribution in [3.05, 3.63) is 41.2 Å². The Labute approximate surface area is 115 Å². The first-order chi connectivity index (χ1) is 9.49. The number of hydrogen-bond donors (Lipinski definition) is 3. The van der Waals surface area contributed by atoms with Crippen LogP contribution in [0.3, 0.4) is 0 Å². The lowest BCUT2D eigenvalue weighted by Crippen LogP contribution is -2.33. The molecule has 0 radical (unpaired) electrons. The number of aromatic hydroxyl groups is 1. The van der Waals surface area contributed by atoms with Crippen LogP contribution >= 0.6 is 0 Å². The van der Waals surface area contributed by atoms with Crippen molar-refractivity contribution in [3.8, 4) is 5.75 Å². The predicted octanol–water partition coefficient (Wildman–Crippen LogP) is 0.669. The minimum atomic E-state index is -0.881. The molecule has 0 aromatic heterocycles. The summed E-state index contributed by atoms with van der Waals surface area (Å²) in [6, 6.07) is 5.39. The number of Topliss-reactive ketones (excluding diaryl/α,β-unsaturated/α-hetero) is 1. The number of carbonyl (C=O) groups excluding carboxylic acids is 2. The lowest BCUT2D eigenvalue weighted by Gasteiger charge is -2.26. The first-order valence-corrected chi connectivity index (χ1v) is 6.12. The van der Waals surface area contributed by atoms with Crippen molar-refractivity contribution in [2.45, 2.75) is 13.0 Å². The number of rotatable bonds is 4. The van der Waals surface area contributed by atoms with Crippen molar-refractivity contribution < 1.29 is 24.9 Å². The number of aliphatic hydroxyl groups is 2. The van der Waals surface area contributed by atoms with E-state index in [4.69, 9.17) is 5.11 Å². The molecule has 0 fully saturated rings. The first-order valence-electron chi connectivity index (χ1n) is 6.12. The van der Waals surface area contributed by atoms with Gasteiger partial charge in [0, 0.05) is 12.1 Å². The van der Waals surface area contributed by atoms with E-state index in [2.05, 4.69) is 0 Å². The molecule has 1 atom stereocenters. The number of β-amino-alcohol motifs (C(OH)–C–C–N with tert-alkyl or cyclic N) is 1. The van der Waals surface area contributed by atoms with Gasteiger partial charge in [-0.3, -0.25) is 9.59 Å². The van der Waals surface area contributed by atoms with Crippen LogP contribution in [0.2, 0.25) is 0 Å². The molecule has 1 aliphatic rings. The second kappa shape index (κ2) is 5.34. The van der Waals surface area contributed by atoms with E-state index in [0.29, 0.717) is 5.56 Å². The quantitative estimate of drug-likeness (QED) is 0.751. The number of para-hydroxylation sites is 1. The molecule has 0 saturated carbocycles. The van der Waals surface area contributed by atoms with Gasteiger partial charge in [0.1, 0.15) is 5.75 Å². The summed E-state index contributed by atoms with van der Waals surface area (Å²) < 4.78 is 0. The molecule has 0 aliphatic carbocycles. The molecule has 3 N–H and O–H groups in total. The maximum Gasteiger partial charge on any atom is 0.290 e. The molecule has 0 bridgehead atoms. The molecule has 1 unspecified atom stereocenters. The van der Waals surface area contributed by atoms with Gasteiger partial charge in [-0.2, -0.15) is 0 Å². The van der Waals surface area contributed by atoms with E-state index in [1.54, 1.807) is 18.2 Å². The monoisotopic (exact) mass is 277 g/mol. The van der Waals surface area contributed by atoms with E-state index in [1.165, 1.54) is 17.9 Å². The molecule has 0 saturated heterocycles. The first kappa shape index (κ1) is 14.1. The molecule has 1 aliphatic heterocycles. The van der Waals surface area contributed by atoms with E-state index in [1.807, 2.05) is 0 Å². The van der Waals surface area contributed by atoms with Gasteiger partial charge in [-0.15, -0.1) is 0 Å². The van der Waals surface area contributed by atoms with E-state index in [0.717, 1.165) is 0 Å². The number of benzene rings is 1. The number of carbonyl (C=O) groups is 2. The highest BCUT2D eigenvalue weighted by molar-refractivity contribution is 6.08. The maximum absolute atomic E-state index is 12.0. The summed E-state index contributed by atoms with van der Waals surface area (Å²) in [6.07, 6.45) is 0. The highest BCUT2D eigenvalue weighted by Crippen LogP contribution is 2.40. The molecule has 6 heteroatoms. The third-order valence-corrected chi connectivity index (χ3v) is 3.26. The molecule has 1 heterocycles. The number of phenols is 1. The highest BCUT2D eigenvalue weighted by Gasteiger charge is 2.42. The zero-order valence-corrected chi connectivity index (χ0v) is 10.9. The minimum absolute atomic E-state index is 0.0430. The molecule has 1 amide bonds. The molecule has 1 aromatic rings. The fourth-order valence-electron chi connectivity index (χ4n) is 2.39. The van der Waals surface area contributed by atoms with E-state index in [-0.39, 0.29) is 24.5 Å². The Kier molecular flexibility index (Phi) is 3.76. The van der Waals surface area contributed by atoms with Crippen molar-refractivity contribution in [2.24, 2.45) is 0 Å². The van der Waals surface area contributed by atoms with Gasteiger partial charge in [0.05, 0.1) is 18.2 Å². The Hall–Kier alpha value is -2.34. The van der Waals surface area contributed by atoms with E-state index in [9.17, 15) is 19.8 Å². The van der Waals surface area contributed by atoms with Crippen LogP contribution in [0.15, 0.2) is 35.6 Å². The average molecular weight is 277 g/mol. The summed E-state index contributed by atoms with van der Waals surface area (Å²) in [7, 11) is 0. The third kappa shape index (κ3) is 2.14. The largest absolute Gasteiger partial charge is 0.508 e. The van der Waals surface area contributed by atoms with Gasteiger partial charge in [0.2, 0.25) is 0 Å². The molecule has 1 aromatic carbocycles. The van der Waals surface area contributed by atoms with Gasteiger partial charge >= 0.3 is 0 Å². The van der Waals surface area contributed by atoms with Crippen LogP contribution in [0, 0.1) is 0 Å². The van der Waals surface area contributed by atoms with Crippen LogP contribution in [-0.2, 0) is 9.59 Å². The lowest BCUT2D eigenvalue weighted by atomic mass is 9.96. The van der Waals surface area contributed by atoms with Crippen molar-refractivity contribution >= 4 is 11.7 Å². The van der Waals surface area contributed by atoms with Crippen LogP contribution < -0.4 is 0 Å². The second-order valence-electron chi connectivity index (χ2n) is 4.50. The Morgan fingerprint density at radius 3 is 2.50 bits per heavy atom. The van der Waals surface area contributed by atoms with Gasteiger partial charge in [-0.25, -0.2) is 0 Å². The molecule has 106 valence electrons. The highest BCUT2D eigenvalue weighted by atomic mass is 16.3. The summed E-state index contributed by atoms with van der Waals surface area (Å²) in [5, 5.41) is 28.8. The van der Waals surface area contributed by atoms with Gasteiger partial charge in [0.25, 0.3) is 5.91 Å². The molecule has 2 rings (SSSR count). The fraction of sp³-hybridized carbons (Fsp3) is 0.286. The number of ketones is 1. The summed E-state index contributed by atoms with van der Waals surface area (Å²) in [6.45, 7) is 0.890. The minimum Gasteiger partial charge on any atom is -0.508 e. The molecular weight excluding hydrogens is 262 g/mol. The van der Waals surface area contributed by atoms with Crippen molar-refractivity contribution in [1.29, 1.82) is 0 Å². The standard InChI is InChI=1S/C14H15NO5/c1-8(17)11-12(9-4-2-3-5-10(9)18)15(6-7-16)14(20)13(11)19/h2-5,12,16,18-19H,6-7H2,1H3. The summed E-state index contributed by atoms with van der Waals surface area (Å²) >= 11 is 0. The molecule has 0 spiro atoms. The second-order valence-corrected chi connectivity index (χ2v) is 4.50. The van der Waals surface area contributed by atoms with Gasteiger partial charge in [-0.1, -0.05) is 18.2 Å². The Bertz CT molecular complexity index is 593. The van der Waals surface area contributed by atoms with Crippen molar-refractivity contribution in [3.63, 3.8) is 0 Å². The number of phenolic OH excluding ortho intramolecular Hbond substituents is 1. The lowest BCUT2D eigenvalue weighted by molar-refractivity contribution is -0.129. The van der Waals surface area contributed by atoms with Crippen molar-refractivity contribution in [1.82, 2.24) is 4.90 Å². The Morgan fingerprint density at radius 2 is 1.95 bits per heavy atom. The number of aliphatic hydroxyl groups excluding tert-OH is 2. The number of amides is 1. The molecule has 6 nitrogen and oxygen atoms in total. The normalized spacial score (nSPS) is 18.8. The summed E-state index contributed by atoms with van der Waals surface area (Å²) in [4.78, 5) is 24.9. The zero-order chi connectivity index (χ0) is 14.9. The van der Waals surface area contributed by atoms with E-state index < -0.39 is 23.5 Å². The summed E-state index contributed by atoms with van der Waals surface area (Å²) in [5.74, 6) is -1.89. The number of hydrogen-bond acceptors (Lipinski definition) is 5. The average Bonchev–Trinajstić information content (AvgIpc) is 2.65. The van der Waals surface area contributed by atoms with Crippen LogP contribution in [0.25, 0.3) is 0 Å². The van der Waals surface area contributed by atoms with Gasteiger partial charge in [0.15, 0.2) is 11.5 Å². The third-order valence-electron chi connectivity index (χ3n) is 3.26. The Morgan fingerprint density at radius 1 is 1.30 bits per heavy atom. The van der Waals surface area contributed by atoms with E-state index >= 15 is 0 Å². The van der Waals surface area contributed by atoms with Gasteiger partial charge in [-0.05, 0) is 13.0 Å². The maximum atomic E-state index is 12.0. The Balaban J connectivity index is 2.58. The predicted molar refractivity (Wildman–Crippen MR) is 70.0 cm³/mol. The van der Waals surface area contributed by atoms with Crippen LogP contribution in [0.5, 0.6) is 5.75 Å². The zero-order valence-electron chi connectivity index (χ0n) is 10.9. The van der Waals surface area contributed by atoms with Crippen molar-refractivity contribution in [2.75, 3.05) is 13.2 Å². The van der Waals surface area contributed by atoms with Crippen LogP contribution in [0.4, 0.5) is 0 Å². The fourth-order valence-corrected chi connectivity index (χ4v) is 2.39. The molecular formula is C14H15NO5. The smallest absolute Gasteiger partial charge is 0.290 e. The molecule has 20 heavy (non-hydrogen) atoms. The van der Waals surface area contributed by atoms with Crippen LogP contribution in [0.1, 0.15) is 18.5 Å². The summed E-state index contributed by atoms with van der Waals surface area (Å²) in [5.41, 5.74) is 0.272.